The van der Waals surface area contributed by atoms with E-state index in [2.05, 4.69) is 20.9 Å². The van der Waals surface area contributed by atoms with Crippen LogP contribution in [0.4, 0.5) is 16.2 Å². The molecule has 0 fully saturated rings. The zero-order valence-corrected chi connectivity index (χ0v) is 15.1. The Morgan fingerprint density at radius 1 is 1.19 bits per heavy atom. The highest BCUT2D eigenvalue weighted by Crippen LogP contribution is 2.16. The first-order valence-corrected chi connectivity index (χ1v) is 8.28. The van der Waals surface area contributed by atoms with Gasteiger partial charge in [-0.1, -0.05) is 17.7 Å². The van der Waals surface area contributed by atoms with E-state index in [-0.39, 0.29) is 23.6 Å². The topological polar surface area (TPSA) is 146 Å². The number of pyridine rings is 1. The molecule has 1 aromatic carbocycles. The maximum absolute atomic E-state index is 12.3. The van der Waals surface area contributed by atoms with Crippen molar-refractivity contribution in [3.05, 3.63) is 57.0 Å². The zero-order chi connectivity index (χ0) is 20.0. The average Bonchev–Trinajstić information content (AvgIpc) is 2.59. The van der Waals surface area contributed by atoms with E-state index in [0.29, 0.717) is 17.1 Å². The van der Waals surface area contributed by atoms with Gasteiger partial charge in [-0.05, 0) is 25.1 Å². The van der Waals surface area contributed by atoms with E-state index in [1.54, 1.807) is 25.1 Å². The number of urea groups is 1. The van der Waals surface area contributed by atoms with Crippen LogP contribution in [0.2, 0.25) is 5.02 Å². The molecule has 27 heavy (non-hydrogen) atoms. The summed E-state index contributed by atoms with van der Waals surface area (Å²) >= 11 is 5.87. The third-order valence-corrected chi connectivity index (χ3v) is 3.94. The van der Waals surface area contributed by atoms with Crippen molar-refractivity contribution < 1.29 is 14.4 Å². The molecule has 2 rings (SSSR count). The fourth-order valence-corrected chi connectivity index (χ4v) is 2.27. The monoisotopic (exact) mass is 391 g/mol. The van der Waals surface area contributed by atoms with Gasteiger partial charge in [-0.3, -0.25) is 14.4 Å². The molecule has 0 aliphatic heterocycles. The minimum absolute atomic E-state index is 0.0250. The van der Waals surface area contributed by atoms with Crippen molar-refractivity contribution in [1.29, 1.82) is 0 Å². The number of hydrogen-bond acceptors (Lipinski definition) is 4. The highest BCUT2D eigenvalue weighted by atomic mass is 35.5. The third-order valence-electron chi connectivity index (χ3n) is 3.49. The molecule has 2 aromatic rings. The summed E-state index contributed by atoms with van der Waals surface area (Å²) < 4.78 is 0. The van der Waals surface area contributed by atoms with Gasteiger partial charge in [0, 0.05) is 36.2 Å². The van der Waals surface area contributed by atoms with Crippen LogP contribution in [-0.2, 0) is 4.79 Å². The van der Waals surface area contributed by atoms with Crippen molar-refractivity contribution in [2.24, 2.45) is 5.73 Å². The molecule has 1 aromatic heterocycles. The summed E-state index contributed by atoms with van der Waals surface area (Å²) in [5.74, 6) is -1.16. The van der Waals surface area contributed by atoms with Gasteiger partial charge in [0.05, 0.1) is 0 Å². The van der Waals surface area contributed by atoms with Crippen molar-refractivity contribution in [1.82, 2.24) is 10.3 Å². The molecule has 0 bridgehead atoms. The highest BCUT2D eigenvalue weighted by Gasteiger charge is 2.14. The predicted molar refractivity (Wildman–Crippen MR) is 102 cm³/mol. The highest BCUT2D eigenvalue weighted by molar-refractivity contribution is 6.31. The van der Waals surface area contributed by atoms with Crippen molar-refractivity contribution in [3.63, 3.8) is 0 Å². The maximum atomic E-state index is 12.3. The lowest BCUT2D eigenvalue weighted by Crippen LogP contribution is -2.31. The van der Waals surface area contributed by atoms with Crippen LogP contribution >= 0.6 is 11.6 Å². The Labute approximate surface area is 159 Å². The number of aromatic nitrogens is 1. The van der Waals surface area contributed by atoms with Crippen LogP contribution in [0, 0.1) is 6.92 Å². The molecule has 1 heterocycles. The van der Waals surface area contributed by atoms with Crippen LogP contribution in [0.3, 0.4) is 0 Å². The summed E-state index contributed by atoms with van der Waals surface area (Å²) in [6, 6.07) is 5.80. The fourth-order valence-electron chi connectivity index (χ4n) is 2.11. The van der Waals surface area contributed by atoms with Gasteiger partial charge in [0.25, 0.3) is 5.91 Å². The lowest BCUT2D eigenvalue weighted by atomic mass is 10.2. The minimum atomic E-state index is -0.638. The fraction of sp³-hybridized carbons (Fsp3) is 0.176. The number of halogens is 1. The summed E-state index contributed by atoms with van der Waals surface area (Å²) in [5, 5.41) is 7.54. The lowest BCUT2D eigenvalue weighted by Gasteiger charge is -2.10. The number of H-pyrrole nitrogens is 1. The number of amides is 4. The van der Waals surface area contributed by atoms with Gasteiger partial charge in [0.15, 0.2) is 0 Å². The summed E-state index contributed by atoms with van der Waals surface area (Å²) in [5.41, 5.74) is 5.52. The van der Waals surface area contributed by atoms with E-state index >= 15 is 0 Å². The first-order chi connectivity index (χ1) is 12.8. The normalized spacial score (nSPS) is 10.1. The molecular weight excluding hydrogens is 374 g/mol. The van der Waals surface area contributed by atoms with Gasteiger partial charge >= 0.3 is 6.03 Å². The van der Waals surface area contributed by atoms with Gasteiger partial charge in [0.1, 0.15) is 10.6 Å². The molecule has 0 unspecified atom stereocenters. The van der Waals surface area contributed by atoms with E-state index in [1.165, 1.54) is 12.3 Å². The molecule has 0 saturated carbocycles. The van der Waals surface area contributed by atoms with E-state index < -0.39 is 23.3 Å². The van der Waals surface area contributed by atoms with E-state index in [0.717, 1.165) is 0 Å². The number of nitrogens with one attached hydrogen (secondary N) is 4. The van der Waals surface area contributed by atoms with Gasteiger partial charge in [0.2, 0.25) is 11.3 Å². The quantitative estimate of drug-likeness (QED) is 0.508. The molecule has 0 aliphatic carbocycles. The number of carbonyl (C=O) groups is 3. The number of rotatable bonds is 6. The summed E-state index contributed by atoms with van der Waals surface area (Å²) in [7, 11) is 0. The van der Waals surface area contributed by atoms with Crippen LogP contribution in [0.15, 0.2) is 35.3 Å². The number of carbonyl (C=O) groups excluding carboxylic acids is 3. The Morgan fingerprint density at radius 2 is 1.85 bits per heavy atom. The number of primary amides is 1. The second-order valence-electron chi connectivity index (χ2n) is 5.60. The summed E-state index contributed by atoms with van der Waals surface area (Å²) in [4.78, 5) is 49.5. The van der Waals surface area contributed by atoms with Gasteiger partial charge in [-0.25, -0.2) is 4.79 Å². The number of nitrogens with two attached hydrogens (primary N) is 1. The van der Waals surface area contributed by atoms with Crippen LogP contribution in [0.1, 0.15) is 22.5 Å². The number of aromatic amines is 1. The Balaban J connectivity index is 2.04. The Hall–Kier alpha value is -3.33. The van der Waals surface area contributed by atoms with Crippen molar-refractivity contribution in [2.75, 3.05) is 17.2 Å². The lowest BCUT2D eigenvalue weighted by molar-refractivity contribution is -0.117. The maximum Gasteiger partial charge on any atom is 0.319 e. The SMILES string of the molecule is Cc1[nH]cc(C(=O)Nc2cccc(NC(=O)NCCC(N)=O)c2)c(=O)c1Cl. The van der Waals surface area contributed by atoms with E-state index in [1.807, 2.05) is 0 Å². The summed E-state index contributed by atoms with van der Waals surface area (Å²) in [6.45, 7) is 1.73. The average molecular weight is 392 g/mol. The van der Waals surface area contributed by atoms with Gasteiger partial charge in [-0.15, -0.1) is 0 Å². The molecule has 0 radical (unpaired) electrons. The van der Waals surface area contributed by atoms with Crippen molar-refractivity contribution in [2.45, 2.75) is 13.3 Å². The Morgan fingerprint density at radius 3 is 2.52 bits per heavy atom. The predicted octanol–water partition coefficient (Wildman–Crippen LogP) is 1.59. The second kappa shape index (κ2) is 8.86. The summed E-state index contributed by atoms with van der Waals surface area (Å²) in [6.07, 6.45) is 1.31. The van der Waals surface area contributed by atoms with Crippen LogP contribution in [0.5, 0.6) is 0 Å². The van der Waals surface area contributed by atoms with E-state index in [9.17, 15) is 19.2 Å². The molecule has 10 heteroatoms. The van der Waals surface area contributed by atoms with Crippen molar-refractivity contribution >= 4 is 40.8 Å². The van der Waals surface area contributed by atoms with E-state index in [4.69, 9.17) is 17.3 Å². The number of aryl methyl sites for hydroxylation is 1. The largest absolute Gasteiger partial charge is 0.370 e. The van der Waals surface area contributed by atoms with Gasteiger partial charge in [-0.2, -0.15) is 0 Å². The smallest absolute Gasteiger partial charge is 0.319 e. The first-order valence-electron chi connectivity index (χ1n) is 7.90. The molecule has 4 amide bonds. The molecule has 9 nitrogen and oxygen atoms in total. The Kier molecular flexibility index (Phi) is 6.56. The molecule has 0 spiro atoms. The Bertz CT molecular complexity index is 941. The molecular formula is C17H18ClN5O4. The molecule has 0 aliphatic rings. The first kappa shape index (κ1) is 20.0. The molecule has 0 atom stereocenters. The number of benzene rings is 1. The van der Waals surface area contributed by atoms with Gasteiger partial charge < -0.3 is 26.7 Å². The minimum Gasteiger partial charge on any atom is -0.370 e. The van der Waals surface area contributed by atoms with Crippen LogP contribution in [-0.4, -0.2) is 29.4 Å². The molecule has 0 saturated heterocycles. The molecule has 142 valence electrons. The standard InChI is InChI=1S/C17H18ClN5O4/c1-9-14(18)15(25)12(8-21-9)16(26)22-10-3-2-4-11(7-10)23-17(27)20-6-5-13(19)24/h2-4,7-8H,5-6H2,1H3,(H2,19,24)(H,21,25)(H,22,26)(H2,20,23,27). The second-order valence-corrected chi connectivity index (χ2v) is 5.98. The third kappa shape index (κ3) is 5.58. The van der Waals surface area contributed by atoms with Crippen LogP contribution in [0.25, 0.3) is 0 Å². The zero-order valence-electron chi connectivity index (χ0n) is 14.4. The number of hydrogen-bond donors (Lipinski definition) is 5. The number of anilines is 2. The van der Waals surface area contributed by atoms with Crippen LogP contribution < -0.4 is 27.1 Å². The van der Waals surface area contributed by atoms with Crippen molar-refractivity contribution in [3.8, 4) is 0 Å². The molecule has 6 N–H and O–H groups in total.